The van der Waals surface area contributed by atoms with Gasteiger partial charge in [0.2, 0.25) is 35.7 Å². The molecule has 6 rings (SSSR count). The van der Waals surface area contributed by atoms with E-state index in [4.69, 9.17) is 9.47 Å². The Hall–Kier alpha value is -5.30. The molecule has 0 saturated carbocycles. The highest BCUT2D eigenvalue weighted by Gasteiger charge is 2.21. The summed E-state index contributed by atoms with van der Waals surface area (Å²) in [5.74, 6) is 1.32. The predicted molar refractivity (Wildman–Crippen MR) is 199 cm³/mol. The number of hydrogen-bond acceptors (Lipinski definition) is 19. The molecule has 23 heteroatoms. The number of anilines is 8. The lowest BCUT2D eigenvalue weighted by Gasteiger charge is -2.27. The van der Waals surface area contributed by atoms with Crippen LogP contribution in [0.25, 0.3) is 12.2 Å². The summed E-state index contributed by atoms with van der Waals surface area (Å²) >= 11 is 0. The Balaban J connectivity index is 1.27. The third-order valence-electron chi connectivity index (χ3n) is 7.99. The van der Waals surface area contributed by atoms with Crippen LogP contribution < -0.4 is 31.1 Å². The van der Waals surface area contributed by atoms with E-state index in [0.29, 0.717) is 64.5 Å². The maximum absolute atomic E-state index is 12.5. The molecule has 2 aromatic heterocycles. The van der Waals surface area contributed by atoms with Crippen LogP contribution in [0.15, 0.2) is 46.2 Å². The third-order valence-corrected chi connectivity index (χ3v) is 9.81. The second-order valence-electron chi connectivity index (χ2n) is 11.7. The van der Waals surface area contributed by atoms with E-state index >= 15 is 0 Å². The molecule has 4 heterocycles. The molecule has 0 spiro atoms. The van der Waals surface area contributed by atoms with Crippen molar-refractivity contribution in [2.75, 3.05) is 104 Å². The lowest BCUT2D eigenvalue weighted by molar-refractivity contribution is 0.122. The molecule has 288 valence electrons. The normalized spacial score (nSPS) is 15.3. The number of hydrogen-bond donors (Lipinski definition) is 7. The summed E-state index contributed by atoms with van der Waals surface area (Å²) in [6.45, 7) is 4.16. The number of morpholine rings is 2. The van der Waals surface area contributed by atoms with Gasteiger partial charge in [-0.3, -0.25) is 9.11 Å². The number of aromatic nitrogens is 6. The van der Waals surface area contributed by atoms with Crippen LogP contribution >= 0.6 is 0 Å². The highest BCUT2D eigenvalue weighted by atomic mass is 32.2. The van der Waals surface area contributed by atoms with Crippen LogP contribution in [0.2, 0.25) is 0 Å². The molecular weight excluding hydrogens is 749 g/mol. The van der Waals surface area contributed by atoms with Crippen molar-refractivity contribution in [1.29, 1.82) is 0 Å². The van der Waals surface area contributed by atoms with Gasteiger partial charge in [-0.2, -0.15) is 46.7 Å². The van der Waals surface area contributed by atoms with E-state index in [1.165, 1.54) is 42.5 Å². The molecule has 0 atom stereocenters. The van der Waals surface area contributed by atoms with Crippen molar-refractivity contribution in [2.45, 2.75) is 9.79 Å². The Morgan fingerprint density at radius 2 is 1.09 bits per heavy atom. The summed E-state index contributed by atoms with van der Waals surface area (Å²) in [6.07, 6.45) is 2.56. The molecule has 0 bridgehead atoms. The molecule has 7 N–H and O–H groups in total. The summed E-state index contributed by atoms with van der Waals surface area (Å²) in [5, 5.41) is 20.9. The first kappa shape index (κ1) is 38.4. The van der Waals surface area contributed by atoms with Crippen LogP contribution in [-0.2, 0) is 29.7 Å². The largest absolute Gasteiger partial charge is 0.395 e. The highest BCUT2D eigenvalue weighted by molar-refractivity contribution is 7.86. The molecule has 0 radical (unpaired) electrons. The first-order chi connectivity index (χ1) is 25.9. The Labute approximate surface area is 310 Å². The van der Waals surface area contributed by atoms with Crippen LogP contribution in [0.5, 0.6) is 0 Å². The smallest absolute Gasteiger partial charge is 0.295 e. The molecule has 0 aliphatic carbocycles. The Kier molecular flexibility index (Phi) is 12.0. The fourth-order valence-electron chi connectivity index (χ4n) is 5.39. The first-order valence-electron chi connectivity index (χ1n) is 16.5. The van der Waals surface area contributed by atoms with Crippen LogP contribution in [0.3, 0.4) is 0 Å². The lowest BCUT2D eigenvalue weighted by Crippen LogP contribution is -2.37. The number of aliphatic hydroxyl groups is 1. The molecule has 4 aromatic rings. The Bertz CT molecular complexity index is 2220. The van der Waals surface area contributed by atoms with Gasteiger partial charge in [-0.1, -0.05) is 24.3 Å². The van der Waals surface area contributed by atoms with Gasteiger partial charge in [0.25, 0.3) is 20.2 Å². The number of aliphatic hydroxyl groups excluding tert-OH is 1. The van der Waals surface area contributed by atoms with Crippen molar-refractivity contribution in [2.24, 2.45) is 0 Å². The zero-order chi connectivity index (χ0) is 38.3. The molecule has 2 aliphatic rings. The number of ether oxygens (including phenoxy) is 2. The van der Waals surface area contributed by atoms with Gasteiger partial charge in [0.05, 0.1) is 33.0 Å². The molecule has 2 aliphatic heterocycles. The molecule has 2 saturated heterocycles. The zero-order valence-electron chi connectivity index (χ0n) is 28.9. The molecule has 0 amide bonds. The summed E-state index contributed by atoms with van der Waals surface area (Å²) in [6, 6.07) is 8.13. The average molecular weight is 787 g/mol. The number of nitrogens with one attached hydrogen (secondary N) is 4. The van der Waals surface area contributed by atoms with Gasteiger partial charge in [-0.05, 0) is 35.4 Å². The maximum Gasteiger partial charge on any atom is 0.295 e. The van der Waals surface area contributed by atoms with Crippen LogP contribution in [0.4, 0.5) is 47.1 Å². The van der Waals surface area contributed by atoms with Gasteiger partial charge in [-0.15, -0.1) is 0 Å². The average Bonchev–Trinajstić information content (AvgIpc) is 3.16. The van der Waals surface area contributed by atoms with Crippen molar-refractivity contribution < 1.29 is 40.5 Å². The van der Waals surface area contributed by atoms with E-state index < -0.39 is 30.0 Å². The number of nitrogens with zero attached hydrogens (tertiary/aromatic N) is 8. The minimum atomic E-state index is -4.81. The van der Waals surface area contributed by atoms with E-state index in [9.17, 15) is 31.0 Å². The van der Waals surface area contributed by atoms with E-state index in [-0.39, 0.29) is 59.4 Å². The maximum atomic E-state index is 12.5. The van der Waals surface area contributed by atoms with Crippen molar-refractivity contribution in [3.05, 3.63) is 47.5 Å². The topological polar surface area (TPSA) is 279 Å². The molecule has 54 heavy (non-hydrogen) atoms. The lowest BCUT2D eigenvalue weighted by atomic mass is 10.1. The second kappa shape index (κ2) is 16.8. The second-order valence-corrected chi connectivity index (χ2v) is 14.5. The van der Waals surface area contributed by atoms with Crippen LogP contribution in [0, 0.1) is 0 Å². The van der Waals surface area contributed by atoms with Crippen molar-refractivity contribution in [3.8, 4) is 0 Å². The molecule has 2 aromatic carbocycles. The van der Waals surface area contributed by atoms with Crippen molar-refractivity contribution in [1.82, 2.24) is 29.9 Å². The van der Waals surface area contributed by atoms with Gasteiger partial charge in [-0.25, -0.2) is 0 Å². The molecule has 21 nitrogen and oxygen atoms in total. The Morgan fingerprint density at radius 3 is 1.52 bits per heavy atom. The summed E-state index contributed by atoms with van der Waals surface area (Å²) in [4.78, 5) is 29.1. The monoisotopic (exact) mass is 786 g/mol. The fourth-order valence-corrected chi connectivity index (χ4v) is 6.81. The van der Waals surface area contributed by atoms with Gasteiger partial charge in [0, 0.05) is 51.1 Å². The Morgan fingerprint density at radius 1 is 0.667 bits per heavy atom. The van der Waals surface area contributed by atoms with Gasteiger partial charge >= 0.3 is 0 Å². The summed E-state index contributed by atoms with van der Waals surface area (Å²) < 4.78 is 81.2. The van der Waals surface area contributed by atoms with Crippen LogP contribution in [-0.4, -0.2) is 134 Å². The predicted octanol–water partition coefficient (Wildman–Crippen LogP) is 1.33. The van der Waals surface area contributed by atoms with Gasteiger partial charge < -0.3 is 45.6 Å². The van der Waals surface area contributed by atoms with Crippen molar-refractivity contribution in [3.63, 3.8) is 0 Å². The fraction of sp³-hybridized carbons (Fsp3) is 0.355. The summed E-state index contributed by atoms with van der Waals surface area (Å²) in [5.41, 5.74) is 0.426. The number of rotatable bonds is 14. The first-order valence-corrected chi connectivity index (χ1v) is 19.4. The number of benzene rings is 2. The van der Waals surface area contributed by atoms with Gasteiger partial charge in [0.1, 0.15) is 9.79 Å². The van der Waals surface area contributed by atoms with Crippen LogP contribution in [0.1, 0.15) is 11.1 Å². The standard InChI is InChI=1S/C31H38N12O9S2/c1-32-26-36-28(40-30(38-26)42-9-14-51-15-10-42)34-22-6-4-20(24(18-22)53(45,46)47)2-3-21-5-7-23(19-25(21)54(48,49)50)35-29-37-27(33-8-13-44)39-31(41-29)43-11-16-52-17-12-43/h2-7,18-19,44H,8-17H2,1H3,(H,45,46,47)(H,48,49,50)(H2,32,34,36,38,40)(H2,33,35,37,39,41)/b3-2+. The quantitative estimate of drug-likeness (QED) is 0.0701. The van der Waals surface area contributed by atoms with Crippen molar-refractivity contribution >= 4 is 79.5 Å². The molecular formula is C31H38N12O9S2. The molecule has 2 fully saturated rings. The zero-order valence-corrected chi connectivity index (χ0v) is 30.5. The SMILES string of the molecule is CNc1nc(Nc2ccc(/C=C/c3ccc(Nc4nc(NCCO)nc(N5CCOCC5)n4)cc3S(=O)(=O)O)c(S(=O)(=O)O)c2)nc(N2CCOCC2)n1. The minimum absolute atomic E-state index is 0.00177. The minimum Gasteiger partial charge on any atom is -0.395 e. The van der Waals surface area contributed by atoms with E-state index in [1.807, 2.05) is 9.80 Å². The third kappa shape index (κ3) is 9.81. The summed E-state index contributed by atoms with van der Waals surface area (Å²) in [7, 11) is -7.97. The van der Waals surface area contributed by atoms with Gasteiger partial charge in [0.15, 0.2) is 0 Å². The van der Waals surface area contributed by atoms with E-state index in [0.717, 1.165) is 6.07 Å². The van der Waals surface area contributed by atoms with E-state index in [1.54, 1.807) is 7.05 Å². The van der Waals surface area contributed by atoms with E-state index in [2.05, 4.69) is 51.2 Å². The highest BCUT2D eigenvalue weighted by Crippen LogP contribution is 2.29. The molecule has 0 unspecified atom stereocenters.